The Balaban J connectivity index is 1.76. The zero-order valence-corrected chi connectivity index (χ0v) is 21.3. The van der Waals surface area contributed by atoms with Gasteiger partial charge < -0.3 is 9.30 Å². The van der Waals surface area contributed by atoms with E-state index >= 15 is 0 Å². The van der Waals surface area contributed by atoms with E-state index in [9.17, 15) is 4.79 Å². The van der Waals surface area contributed by atoms with Crippen LogP contribution in [0.4, 0.5) is 0 Å². The molecule has 2 heterocycles. The van der Waals surface area contributed by atoms with Crippen molar-refractivity contribution in [3.63, 3.8) is 0 Å². The molecule has 0 spiro atoms. The quantitative estimate of drug-likeness (QED) is 0.270. The third-order valence-electron chi connectivity index (χ3n) is 6.51. The highest BCUT2D eigenvalue weighted by molar-refractivity contribution is 5.99. The normalized spacial score (nSPS) is 11.8. The minimum absolute atomic E-state index is 0.202. The third-order valence-corrected chi connectivity index (χ3v) is 6.51. The van der Waals surface area contributed by atoms with Crippen LogP contribution in [0.3, 0.4) is 0 Å². The molecule has 0 atom stereocenters. The Morgan fingerprint density at radius 1 is 1.06 bits per heavy atom. The number of aryl methyl sites for hydroxylation is 2. The van der Waals surface area contributed by atoms with Crippen molar-refractivity contribution in [2.24, 2.45) is 12.1 Å². The van der Waals surface area contributed by atoms with Crippen LogP contribution in [0.1, 0.15) is 43.4 Å². The number of aromatic nitrogens is 3. The lowest BCUT2D eigenvalue weighted by atomic mass is 9.96. The maximum atomic E-state index is 13.7. The number of ether oxygens (including phenoxy) is 1. The fraction of sp³-hybridized carbons (Fsp3) is 0.233. The molecule has 6 heteroatoms. The number of rotatable bonds is 6. The SMILES string of the molecule is CCOc1cc(C)c(-c2nc3ccccc3c(=O)n2N=Cc2cn(C)c3ccccc23)cc1C(C)C. The number of hydrogen-bond acceptors (Lipinski definition) is 4. The highest BCUT2D eigenvalue weighted by Crippen LogP contribution is 2.34. The average molecular weight is 479 g/mol. The van der Waals surface area contributed by atoms with Gasteiger partial charge in [0.2, 0.25) is 0 Å². The highest BCUT2D eigenvalue weighted by atomic mass is 16.5. The van der Waals surface area contributed by atoms with Gasteiger partial charge in [-0.15, -0.1) is 0 Å². The zero-order chi connectivity index (χ0) is 25.4. The highest BCUT2D eigenvalue weighted by Gasteiger charge is 2.18. The lowest BCUT2D eigenvalue weighted by Gasteiger charge is -2.18. The van der Waals surface area contributed by atoms with Crippen molar-refractivity contribution in [2.75, 3.05) is 6.61 Å². The molecule has 0 fully saturated rings. The van der Waals surface area contributed by atoms with Gasteiger partial charge in [0.05, 0.1) is 23.7 Å². The number of fused-ring (bicyclic) bond motifs is 2. The standard InChI is InChI=1S/C30H30N4O2/c1-6-36-28-15-20(4)25(16-24(28)19(2)3)29-32-26-13-9-7-12-23(26)30(35)34(29)31-17-21-18-33(5)27-14-10-8-11-22(21)27/h7-19H,6H2,1-5H3. The number of benzene rings is 3. The maximum absolute atomic E-state index is 13.7. The second kappa shape index (κ2) is 9.46. The van der Waals surface area contributed by atoms with Crippen molar-refractivity contribution in [2.45, 2.75) is 33.6 Å². The Morgan fingerprint density at radius 2 is 1.78 bits per heavy atom. The first-order chi connectivity index (χ1) is 17.4. The van der Waals surface area contributed by atoms with Crippen molar-refractivity contribution < 1.29 is 4.74 Å². The average Bonchev–Trinajstić information content (AvgIpc) is 3.19. The summed E-state index contributed by atoms with van der Waals surface area (Å²) in [5.41, 5.74) is 5.39. The van der Waals surface area contributed by atoms with Gasteiger partial charge in [-0.3, -0.25) is 4.79 Å². The molecule has 182 valence electrons. The van der Waals surface area contributed by atoms with Crippen LogP contribution in [0.15, 0.2) is 76.8 Å². The van der Waals surface area contributed by atoms with Crippen LogP contribution in [0.25, 0.3) is 33.2 Å². The molecule has 0 saturated heterocycles. The summed E-state index contributed by atoms with van der Waals surface area (Å²) in [4.78, 5) is 18.6. The second-order valence-electron chi connectivity index (χ2n) is 9.32. The second-order valence-corrected chi connectivity index (χ2v) is 9.32. The molecule has 0 amide bonds. The van der Waals surface area contributed by atoms with Gasteiger partial charge in [-0.05, 0) is 61.2 Å². The summed E-state index contributed by atoms with van der Waals surface area (Å²) >= 11 is 0. The van der Waals surface area contributed by atoms with Crippen molar-refractivity contribution in [1.29, 1.82) is 0 Å². The van der Waals surface area contributed by atoms with Gasteiger partial charge in [0.15, 0.2) is 5.82 Å². The van der Waals surface area contributed by atoms with Crippen LogP contribution in [0.5, 0.6) is 5.75 Å². The van der Waals surface area contributed by atoms with Gasteiger partial charge in [-0.25, -0.2) is 4.98 Å². The molecule has 0 unspecified atom stereocenters. The molecule has 6 nitrogen and oxygen atoms in total. The minimum atomic E-state index is -0.202. The van der Waals surface area contributed by atoms with Crippen molar-refractivity contribution in [1.82, 2.24) is 14.2 Å². The largest absolute Gasteiger partial charge is 0.494 e. The Bertz CT molecular complexity index is 1670. The molecule has 0 aliphatic carbocycles. The van der Waals surface area contributed by atoms with Crippen LogP contribution in [-0.2, 0) is 7.05 Å². The van der Waals surface area contributed by atoms with Crippen LogP contribution >= 0.6 is 0 Å². The van der Waals surface area contributed by atoms with Crippen molar-refractivity contribution in [3.8, 4) is 17.1 Å². The Kier molecular flexibility index (Phi) is 6.18. The van der Waals surface area contributed by atoms with Gasteiger partial charge >= 0.3 is 0 Å². The molecule has 5 aromatic rings. The molecule has 0 bridgehead atoms. The first-order valence-electron chi connectivity index (χ1n) is 12.3. The predicted octanol–water partition coefficient (Wildman–Crippen LogP) is 6.27. The molecule has 36 heavy (non-hydrogen) atoms. The van der Waals surface area contributed by atoms with E-state index in [0.29, 0.717) is 23.3 Å². The van der Waals surface area contributed by atoms with Crippen molar-refractivity contribution >= 4 is 28.0 Å². The first-order valence-corrected chi connectivity index (χ1v) is 12.3. The summed E-state index contributed by atoms with van der Waals surface area (Å²) in [6.45, 7) is 8.86. The molecular weight excluding hydrogens is 448 g/mol. The van der Waals surface area contributed by atoms with E-state index in [0.717, 1.165) is 38.9 Å². The number of para-hydroxylation sites is 2. The molecule has 2 aromatic heterocycles. The summed E-state index contributed by atoms with van der Waals surface area (Å²) in [7, 11) is 2.01. The van der Waals surface area contributed by atoms with Crippen LogP contribution in [0, 0.1) is 6.92 Å². The molecule has 0 aliphatic rings. The molecule has 3 aromatic carbocycles. The summed E-state index contributed by atoms with van der Waals surface area (Å²) in [6, 6.07) is 19.7. The first kappa shape index (κ1) is 23.5. The van der Waals surface area contributed by atoms with Gasteiger partial charge in [0, 0.05) is 35.3 Å². The fourth-order valence-electron chi connectivity index (χ4n) is 4.67. The molecule has 0 saturated carbocycles. The molecule has 5 rings (SSSR count). The maximum Gasteiger partial charge on any atom is 0.282 e. The van der Waals surface area contributed by atoms with Gasteiger partial charge in [-0.2, -0.15) is 9.78 Å². The number of hydrogen-bond donors (Lipinski definition) is 0. The van der Waals surface area contributed by atoms with E-state index in [2.05, 4.69) is 36.6 Å². The van der Waals surface area contributed by atoms with E-state index < -0.39 is 0 Å². The Labute approximate surface area is 210 Å². The topological polar surface area (TPSA) is 61.4 Å². The summed E-state index contributed by atoms with van der Waals surface area (Å²) < 4.78 is 9.41. The van der Waals surface area contributed by atoms with E-state index in [4.69, 9.17) is 14.8 Å². The summed E-state index contributed by atoms with van der Waals surface area (Å²) in [5.74, 6) is 1.62. The Morgan fingerprint density at radius 3 is 2.53 bits per heavy atom. The van der Waals surface area contributed by atoms with Crippen LogP contribution in [-0.4, -0.2) is 27.0 Å². The third kappa shape index (κ3) is 4.09. The van der Waals surface area contributed by atoms with E-state index in [1.807, 2.05) is 63.5 Å². The monoisotopic (exact) mass is 478 g/mol. The molecule has 0 aliphatic heterocycles. The van der Waals surface area contributed by atoms with Crippen LogP contribution < -0.4 is 10.3 Å². The van der Waals surface area contributed by atoms with Crippen molar-refractivity contribution in [3.05, 3.63) is 93.9 Å². The zero-order valence-electron chi connectivity index (χ0n) is 21.3. The lowest BCUT2D eigenvalue weighted by Crippen LogP contribution is -2.20. The predicted molar refractivity (Wildman–Crippen MR) is 147 cm³/mol. The number of nitrogens with zero attached hydrogens (tertiary/aromatic N) is 4. The van der Waals surface area contributed by atoms with E-state index in [1.165, 1.54) is 4.68 Å². The van der Waals surface area contributed by atoms with Gasteiger partial charge in [0.25, 0.3) is 5.56 Å². The lowest BCUT2D eigenvalue weighted by molar-refractivity contribution is 0.335. The van der Waals surface area contributed by atoms with E-state index in [-0.39, 0.29) is 11.5 Å². The fourth-order valence-corrected chi connectivity index (χ4v) is 4.67. The van der Waals surface area contributed by atoms with E-state index in [1.54, 1.807) is 12.3 Å². The molecular formula is C30H30N4O2. The van der Waals surface area contributed by atoms with Gasteiger partial charge in [0.1, 0.15) is 5.75 Å². The molecule has 0 radical (unpaired) electrons. The Hall–Kier alpha value is -4.19. The molecule has 0 N–H and O–H groups in total. The summed E-state index contributed by atoms with van der Waals surface area (Å²) in [5, 5.41) is 6.32. The smallest absolute Gasteiger partial charge is 0.282 e. The van der Waals surface area contributed by atoms with Crippen LogP contribution in [0.2, 0.25) is 0 Å². The van der Waals surface area contributed by atoms with Gasteiger partial charge in [-0.1, -0.05) is 44.2 Å². The minimum Gasteiger partial charge on any atom is -0.494 e. The summed E-state index contributed by atoms with van der Waals surface area (Å²) in [6.07, 6.45) is 3.77.